The van der Waals surface area contributed by atoms with E-state index < -0.39 is 5.97 Å². The van der Waals surface area contributed by atoms with E-state index in [9.17, 15) is 9.59 Å². The van der Waals surface area contributed by atoms with E-state index in [-0.39, 0.29) is 12.5 Å². The average Bonchev–Trinajstić information content (AvgIpc) is 3.41. The molecule has 1 N–H and O–H groups in total. The number of nitrogens with one attached hydrogen (secondary N) is 1. The summed E-state index contributed by atoms with van der Waals surface area (Å²) in [7, 11) is 0. The molecule has 1 aliphatic rings. The van der Waals surface area contributed by atoms with Crippen LogP contribution in [0.4, 0.5) is 0 Å². The minimum Gasteiger partial charge on any atom is -0.464 e. The van der Waals surface area contributed by atoms with Gasteiger partial charge in [-0.25, -0.2) is 4.68 Å². The molecule has 0 atom stereocenters. The zero-order valence-electron chi connectivity index (χ0n) is 14.2. The van der Waals surface area contributed by atoms with E-state index in [0.717, 1.165) is 29.9 Å². The number of hydrogen-bond donors (Lipinski definition) is 1. The Morgan fingerprint density at radius 1 is 1.28 bits per heavy atom. The molecule has 2 aromatic rings. The number of carbonyl (C=O) groups excluding carboxylic acids is 2. The zero-order chi connectivity index (χ0) is 18.0. The highest BCUT2D eigenvalue weighted by molar-refractivity contribution is 6.31. The van der Waals surface area contributed by atoms with Crippen molar-refractivity contribution in [1.82, 2.24) is 15.1 Å². The minimum absolute atomic E-state index is 0.125. The lowest BCUT2D eigenvalue weighted by Gasteiger charge is -2.08. The number of nitrogens with zero attached hydrogens (tertiary/aromatic N) is 2. The maximum absolute atomic E-state index is 12.1. The number of aromatic nitrogens is 2. The summed E-state index contributed by atoms with van der Waals surface area (Å²) in [5.74, 6) is -0.217. The second-order valence-electron chi connectivity index (χ2n) is 6.25. The first-order valence-corrected chi connectivity index (χ1v) is 8.59. The molecule has 1 heterocycles. The SMILES string of the molecule is Cc1nn(-c2ccc(C(=O)NCC(=O)OCC3CC3)cc2)c(C)c1Cl. The number of benzene rings is 1. The second-order valence-corrected chi connectivity index (χ2v) is 6.63. The van der Waals surface area contributed by atoms with Crippen LogP contribution in [0.15, 0.2) is 24.3 Å². The first kappa shape index (κ1) is 17.5. The van der Waals surface area contributed by atoms with E-state index in [4.69, 9.17) is 16.3 Å². The summed E-state index contributed by atoms with van der Waals surface area (Å²) in [4.78, 5) is 23.7. The summed E-state index contributed by atoms with van der Waals surface area (Å²) in [5, 5.41) is 7.58. The lowest BCUT2D eigenvalue weighted by Crippen LogP contribution is -2.30. The summed E-state index contributed by atoms with van der Waals surface area (Å²) in [5.41, 5.74) is 2.87. The Labute approximate surface area is 151 Å². The summed E-state index contributed by atoms with van der Waals surface area (Å²) >= 11 is 6.16. The van der Waals surface area contributed by atoms with Crippen LogP contribution in [-0.2, 0) is 9.53 Å². The fourth-order valence-corrected chi connectivity index (χ4v) is 2.55. The van der Waals surface area contributed by atoms with Crippen molar-refractivity contribution < 1.29 is 14.3 Å². The Morgan fingerprint density at radius 2 is 1.96 bits per heavy atom. The van der Waals surface area contributed by atoms with Crippen molar-refractivity contribution in [3.05, 3.63) is 46.2 Å². The molecule has 1 aromatic heterocycles. The number of carbonyl (C=O) groups is 2. The number of halogens is 1. The average molecular weight is 362 g/mol. The van der Waals surface area contributed by atoms with Gasteiger partial charge in [0.05, 0.1) is 28.7 Å². The molecule has 0 radical (unpaired) electrons. The second kappa shape index (κ2) is 7.27. The lowest BCUT2D eigenvalue weighted by molar-refractivity contribution is -0.142. The van der Waals surface area contributed by atoms with Gasteiger partial charge in [0.15, 0.2) is 0 Å². The van der Waals surface area contributed by atoms with Gasteiger partial charge < -0.3 is 10.1 Å². The van der Waals surface area contributed by atoms with Gasteiger partial charge in [0.25, 0.3) is 5.91 Å². The molecular weight excluding hydrogens is 342 g/mol. The van der Waals surface area contributed by atoms with Gasteiger partial charge in [-0.1, -0.05) is 11.6 Å². The topological polar surface area (TPSA) is 73.2 Å². The van der Waals surface area contributed by atoms with Crippen LogP contribution in [0.5, 0.6) is 0 Å². The molecule has 0 saturated heterocycles. The molecule has 1 aliphatic carbocycles. The van der Waals surface area contributed by atoms with Crippen molar-refractivity contribution >= 4 is 23.5 Å². The third-order valence-corrected chi connectivity index (χ3v) is 4.69. The highest BCUT2D eigenvalue weighted by Crippen LogP contribution is 2.28. The summed E-state index contributed by atoms with van der Waals surface area (Å²) in [6.45, 7) is 4.06. The molecule has 1 aromatic carbocycles. The van der Waals surface area contributed by atoms with Crippen LogP contribution in [0.25, 0.3) is 5.69 Å². The van der Waals surface area contributed by atoms with Gasteiger partial charge in [-0.2, -0.15) is 5.10 Å². The Balaban J connectivity index is 1.58. The van der Waals surface area contributed by atoms with E-state index in [0.29, 0.717) is 23.1 Å². The van der Waals surface area contributed by atoms with Crippen molar-refractivity contribution in [2.75, 3.05) is 13.2 Å². The van der Waals surface area contributed by atoms with Gasteiger partial charge >= 0.3 is 5.97 Å². The fourth-order valence-electron chi connectivity index (χ4n) is 2.43. The van der Waals surface area contributed by atoms with Gasteiger partial charge in [-0.05, 0) is 56.9 Å². The largest absolute Gasteiger partial charge is 0.464 e. The van der Waals surface area contributed by atoms with Crippen LogP contribution < -0.4 is 5.32 Å². The summed E-state index contributed by atoms with van der Waals surface area (Å²) in [6.07, 6.45) is 2.24. The molecule has 3 rings (SSSR count). The van der Waals surface area contributed by atoms with Crippen molar-refractivity contribution in [1.29, 1.82) is 0 Å². The van der Waals surface area contributed by atoms with Crippen LogP contribution in [0.1, 0.15) is 34.6 Å². The molecule has 0 bridgehead atoms. The fraction of sp³-hybridized carbons (Fsp3) is 0.389. The molecule has 6 nitrogen and oxygen atoms in total. The molecular formula is C18H20ClN3O3. The van der Waals surface area contributed by atoms with E-state index in [2.05, 4.69) is 10.4 Å². The van der Waals surface area contributed by atoms with Crippen molar-refractivity contribution in [2.45, 2.75) is 26.7 Å². The van der Waals surface area contributed by atoms with E-state index in [1.54, 1.807) is 28.9 Å². The van der Waals surface area contributed by atoms with Gasteiger partial charge in [-0.15, -0.1) is 0 Å². The molecule has 132 valence electrons. The first-order valence-electron chi connectivity index (χ1n) is 8.21. The van der Waals surface area contributed by atoms with Crippen molar-refractivity contribution in [3.8, 4) is 5.69 Å². The highest BCUT2D eigenvalue weighted by atomic mass is 35.5. The van der Waals surface area contributed by atoms with E-state index >= 15 is 0 Å². The number of ether oxygens (including phenoxy) is 1. The van der Waals surface area contributed by atoms with Gasteiger partial charge in [-0.3, -0.25) is 9.59 Å². The van der Waals surface area contributed by atoms with Crippen LogP contribution >= 0.6 is 11.6 Å². The predicted octanol–water partition coefficient (Wildman–Crippen LogP) is 2.83. The lowest BCUT2D eigenvalue weighted by atomic mass is 10.2. The Hall–Kier alpha value is -2.34. The number of rotatable bonds is 6. The maximum Gasteiger partial charge on any atom is 0.325 e. The summed E-state index contributed by atoms with van der Waals surface area (Å²) in [6, 6.07) is 6.95. The van der Waals surface area contributed by atoms with Crippen LogP contribution in [0.3, 0.4) is 0 Å². The van der Waals surface area contributed by atoms with Gasteiger partial charge in [0.2, 0.25) is 0 Å². The molecule has 1 saturated carbocycles. The van der Waals surface area contributed by atoms with Crippen LogP contribution in [0, 0.1) is 19.8 Å². The number of aryl methyl sites for hydroxylation is 1. The molecule has 0 unspecified atom stereocenters. The smallest absolute Gasteiger partial charge is 0.325 e. The first-order chi connectivity index (χ1) is 12.0. The van der Waals surface area contributed by atoms with E-state index in [1.165, 1.54) is 0 Å². The van der Waals surface area contributed by atoms with Crippen molar-refractivity contribution in [2.24, 2.45) is 5.92 Å². The monoisotopic (exact) mass is 361 g/mol. The minimum atomic E-state index is -0.408. The van der Waals surface area contributed by atoms with Crippen LogP contribution in [0.2, 0.25) is 5.02 Å². The van der Waals surface area contributed by atoms with Gasteiger partial charge in [0, 0.05) is 5.56 Å². The molecule has 7 heteroatoms. The molecule has 1 fully saturated rings. The highest BCUT2D eigenvalue weighted by Gasteiger charge is 2.23. The van der Waals surface area contributed by atoms with E-state index in [1.807, 2.05) is 13.8 Å². The number of amides is 1. The maximum atomic E-state index is 12.1. The Morgan fingerprint density at radius 3 is 2.52 bits per heavy atom. The number of hydrogen-bond acceptors (Lipinski definition) is 4. The quantitative estimate of drug-likeness (QED) is 0.803. The van der Waals surface area contributed by atoms with Gasteiger partial charge in [0.1, 0.15) is 6.54 Å². The molecule has 0 spiro atoms. The number of esters is 1. The Kier molecular flexibility index (Phi) is 5.08. The molecule has 0 aliphatic heterocycles. The third kappa shape index (κ3) is 4.20. The standard InChI is InChI=1S/C18H20ClN3O3/c1-11-17(19)12(2)22(21-11)15-7-5-14(6-8-15)18(24)20-9-16(23)25-10-13-3-4-13/h5-8,13H,3-4,9-10H2,1-2H3,(H,20,24). The normalized spacial score (nSPS) is 13.6. The third-order valence-electron chi connectivity index (χ3n) is 4.15. The Bertz CT molecular complexity index is 795. The van der Waals surface area contributed by atoms with Crippen LogP contribution in [-0.4, -0.2) is 34.8 Å². The van der Waals surface area contributed by atoms with Crippen molar-refractivity contribution in [3.63, 3.8) is 0 Å². The summed E-state index contributed by atoms with van der Waals surface area (Å²) < 4.78 is 6.81. The molecule has 25 heavy (non-hydrogen) atoms. The molecule has 1 amide bonds. The zero-order valence-corrected chi connectivity index (χ0v) is 15.0. The predicted molar refractivity (Wildman–Crippen MR) is 94.1 cm³/mol.